The third-order valence-corrected chi connectivity index (χ3v) is 4.33. The monoisotopic (exact) mass is 278 g/mol. The number of carbonyl (C=O) groups is 1. The van der Waals surface area contributed by atoms with Crippen molar-refractivity contribution in [2.45, 2.75) is 25.0 Å². The Kier molecular flexibility index (Phi) is 3.72. The summed E-state index contributed by atoms with van der Waals surface area (Å²) in [5.74, 6) is -0.411. The van der Waals surface area contributed by atoms with Gasteiger partial charge in [0.25, 0.3) is 0 Å². The van der Waals surface area contributed by atoms with Gasteiger partial charge in [-0.15, -0.1) is 0 Å². The number of hydrogen-bond donors (Lipinski definition) is 1. The summed E-state index contributed by atoms with van der Waals surface area (Å²) in [6.45, 7) is 2.98. The number of nitrogens with two attached hydrogens (primary N) is 1. The highest BCUT2D eigenvalue weighted by Crippen LogP contribution is 2.30. The second-order valence-electron chi connectivity index (χ2n) is 5.65. The minimum absolute atomic E-state index is 0.0652. The largest absolute Gasteiger partial charge is 0.459 e. The molecule has 3 aliphatic rings. The fraction of sp³-hybridized carbons (Fsp3) is 0.533. The number of piperidine rings is 3. The van der Waals surface area contributed by atoms with E-state index < -0.39 is 17.8 Å². The lowest BCUT2D eigenvalue weighted by Gasteiger charge is -2.44. The average Bonchev–Trinajstić information content (AvgIpc) is 2.47. The number of halogens is 1. The number of esters is 1. The Morgan fingerprint density at radius 2 is 2.15 bits per heavy atom. The molecule has 1 unspecified atom stereocenters. The summed E-state index contributed by atoms with van der Waals surface area (Å²) in [7, 11) is 0. The summed E-state index contributed by atoms with van der Waals surface area (Å²) < 4.78 is 18.7. The second kappa shape index (κ2) is 5.50. The van der Waals surface area contributed by atoms with Gasteiger partial charge in [0, 0.05) is 6.54 Å². The van der Waals surface area contributed by atoms with Gasteiger partial charge in [0.05, 0.1) is 0 Å². The fourth-order valence-corrected chi connectivity index (χ4v) is 3.10. The molecule has 0 amide bonds. The number of nitrogens with zero attached hydrogens (tertiary/aromatic N) is 1. The lowest BCUT2D eigenvalue weighted by molar-refractivity contribution is -0.160. The van der Waals surface area contributed by atoms with E-state index in [-0.39, 0.29) is 6.10 Å². The number of carbonyl (C=O) groups excluding carboxylic acids is 1. The van der Waals surface area contributed by atoms with Crippen LogP contribution in [0.15, 0.2) is 24.3 Å². The van der Waals surface area contributed by atoms with Crippen LogP contribution < -0.4 is 5.73 Å². The van der Waals surface area contributed by atoms with Gasteiger partial charge in [0.1, 0.15) is 18.0 Å². The molecule has 0 aromatic heterocycles. The molecule has 4 nitrogen and oxygen atoms in total. The van der Waals surface area contributed by atoms with Gasteiger partial charge in [-0.3, -0.25) is 4.90 Å². The molecule has 4 rings (SSSR count). The molecule has 2 bridgehead atoms. The van der Waals surface area contributed by atoms with Crippen LogP contribution in [-0.2, 0) is 9.53 Å². The summed E-state index contributed by atoms with van der Waals surface area (Å²) >= 11 is 0. The van der Waals surface area contributed by atoms with Gasteiger partial charge in [-0.25, -0.2) is 9.18 Å². The van der Waals surface area contributed by atoms with Crippen LogP contribution in [0.5, 0.6) is 0 Å². The first-order valence-electron chi connectivity index (χ1n) is 7.07. The van der Waals surface area contributed by atoms with Crippen molar-refractivity contribution in [3.8, 4) is 0 Å². The molecular weight excluding hydrogens is 259 g/mol. The Morgan fingerprint density at radius 3 is 2.75 bits per heavy atom. The van der Waals surface area contributed by atoms with E-state index in [1.54, 1.807) is 12.1 Å². The highest BCUT2D eigenvalue weighted by molar-refractivity contribution is 5.77. The average molecular weight is 278 g/mol. The summed E-state index contributed by atoms with van der Waals surface area (Å²) in [5.41, 5.74) is 6.32. The zero-order valence-corrected chi connectivity index (χ0v) is 11.3. The van der Waals surface area contributed by atoms with Crippen molar-refractivity contribution in [3.05, 3.63) is 35.6 Å². The molecule has 0 spiro atoms. The number of fused-ring (bicyclic) bond motifs is 3. The maximum absolute atomic E-state index is 13.2. The fourth-order valence-electron chi connectivity index (χ4n) is 3.10. The van der Waals surface area contributed by atoms with Crippen molar-refractivity contribution >= 4 is 5.97 Å². The van der Waals surface area contributed by atoms with Crippen LogP contribution in [0.2, 0.25) is 0 Å². The topological polar surface area (TPSA) is 55.6 Å². The minimum atomic E-state index is -0.916. The van der Waals surface area contributed by atoms with Crippen LogP contribution in [0.25, 0.3) is 0 Å². The van der Waals surface area contributed by atoms with Crippen LogP contribution in [-0.4, -0.2) is 36.6 Å². The van der Waals surface area contributed by atoms with Gasteiger partial charge in [-0.05, 0) is 49.5 Å². The van der Waals surface area contributed by atoms with Gasteiger partial charge in [0.2, 0.25) is 0 Å². The Labute approximate surface area is 117 Å². The van der Waals surface area contributed by atoms with Gasteiger partial charge in [-0.1, -0.05) is 12.1 Å². The summed E-state index contributed by atoms with van der Waals surface area (Å²) in [4.78, 5) is 14.4. The van der Waals surface area contributed by atoms with Gasteiger partial charge < -0.3 is 10.5 Å². The summed E-state index contributed by atoms with van der Waals surface area (Å²) in [5, 5.41) is 0. The van der Waals surface area contributed by atoms with Crippen molar-refractivity contribution in [2.24, 2.45) is 11.7 Å². The van der Waals surface area contributed by atoms with E-state index in [1.807, 2.05) is 0 Å². The molecule has 20 heavy (non-hydrogen) atoms. The molecule has 0 saturated carbocycles. The second-order valence-corrected chi connectivity index (χ2v) is 5.65. The van der Waals surface area contributed by atoms with Gasteiger partial charge in [-0.2, -0.15) is 0 Å². The van der Waals surface area contributed by atoms with E-state index in [9.17, 15) is 9.18 Å². The predicted molar refractivity (Wildman–Crippen MR) is 72.4 cm³/mol. The third kappa shape index (κ3) is 2.69. The molecule has 0 radical (unpaired) electrons. The Hall–Kier alpha value is -1.46. The minimum Gasteiger partial charge on any atom is -0.459 e. The molecule has 3 aliphatic heterocycles. The van der Waals surface area contributed by atoms with Crippen LogP contribution in [0.3, 0.4) is 0 Å². The molecular formula is C15H19FN2O2. The van der Waals surface area contributed by atoms with Crippen LogP contribution in [0.1, 0.15) is 24.4 Å². The lowest BCUT2D eigenvalue weighted by atomic mass is 9.86. The van der Waals surface area contributed by atoms with Crippen molar-refractivity contribution < 1.29 is 13.9 Å². The maximum atomic E-state index is 13.2. The first-order valence-corrected chi connectivity index (χ1v) is 7.07. The smallest absolute Gasteiger partial charge is 0.327 e. The number of hydrogen-bond acceptors (Lipinski definition) is 4. The molecule has 3 saturated heterocycles. The van der Waals surface area contributed by atoms with Crippen molar-refractivity contribution in [3.63, 3.8) is 0 Å². The molecule has 1 aromatic rings. The maximum Gasteiger partial charge on any atom is 0.327 e. The molecule has 0 aliphatic carbocycles. The van der Waals surface area contributed by atoms with E-state index in [0.29, 0.717) is 11.5 Å². The Balaban J connectivity index is 1.64. The Morgan fingerprint density at radius 1 is 1.40 bits per heavy atom. The van der Waals surface area contributed by atoms with E-state index in [4.69, 9.17) is 10.5 Å². The van der Waals surface area contributed by atoms with Crippen LogP contribution >= 0.6 is 0 Å². The lowest BCUT2D eigenvalue weighted by Crippen LogP contribution is -2.52. The zero-order valence-electron chi connectivity index (χ0n) is 11.3. The summed E-state index contributed by atoms with van der Waals surface area (Å²) in [6, 6.07) is 4.88. The zero-order chi connectivity index (χ0) is 14.1. The molecule has 3 fully saturated rings. The predicted octanol–water partition coefficient (Wildman–Crippen LogP) is 1.46. The SMILES string of the molecule is N[C@@H](C(=O)OC1CN2CCC1CC2)c1cccc(F)c1. The van der Waals surface area contributed by atoms with Crippen molar-refractivity contribution in [1.29, 1.82) is 0 Å². The third-order valence-electron chi connectivity index (χ3n) is 4.33. The Bertz CT molecular complexity index is 500. The number of ether oxygens (including phenoxy) is 1. The molecule has 1 aromatic carbocycles. The van der Waals surface area contributed by atoms with E-state index in [0.717, 1.165) is 32.5 Å². The van der Waals surface area contributed by atoms with Crippen molar-refractivity contribution in [1.82, 2.24) is 4.90 Å². The molecule has 2 atom stereocenters. The quantitative estimate of drug-likeness (QED) is 0.851. The molecule has 108 valence electrons. The summed E-state index contributed by atoms with van der Waals surface area (Å²) in [6.07, 6.45) is 2.09. The highest BCUT2D eigenvalue weighted by atomic mass is 19.1. The first kappa shape index (κ1) is 13.5. The number of rotatable bonds is 3. The molecule has 3 heterocycles. The molecule has 2 N–H and O–H groups in total. The van der Waals surface area contributed by atoms with Crippen LogP contribution in [0.4, 0.5) is 4.39 Å². The molecule has 5 heteroatoms. The van der Waals surface area contributed by atoms with Crippen molar-refractivity contribution in [2.75, 3.05) is 19.6 Å². The van der Waals surface area contributed by atoms with Gasteiger partial charge in [0.15, 0.2) is 0 Å². The van der Waals surface area contributed by atoms with Crippen LogP contribution in [0, 0.1) is 11.7 Å². The normalized spacial score (nSPS) is 30.0. The number of benzene rings is 1. The first-order chi connectivity index (χ1) is 9.63. The highest BCUT2D eigenvalue weighted by Gasteiger charge is 2.37. The van der Waals surface area contributed by atoms with E-state index in [1.165, 1.54) is 12.1 Å². The van der Waals surface area contributed by atoms with E-state index >= 15 is 0 Å². The van der Waals surface area contributed by atoms with Gasteiger partial charge >= 0.3 is 5.97 Å². The van der Waals surface area contributed by atoms with E-state index in [2.05, 4.69) is 4.90 Å². The standard InChI is InChI=1S/C15H19FN2O2/c16-12-3-1-2-11(8-12)14(17)15(19)20-13-9-18-6-4-10(13)5-7-18/h1-3,8,10,13-14H,4-7,9,17H2/t13?,14-/m1/s1.